The standard InChI is InChI=1S/C16H17ClN2O3/c1-2-3-6-13(16(21)22)19-15(20)12-9-11(17)8-10-5-4-7-18-14(10)12/h4-5,7-9,13H,2-3,6H2,1H3,(H,19,20)(H,21,22)/t13-/m0/s1. The predicted octanol–water partition coefficient (Wildman–Crippen LogP) is 3.26. The number of carbonyl (C=O) groups excluding carboxylic acids is 1. The molecule has 0 fully saturated rings. The molecule has 2 rings (SSSR count). The van der Waals surface area contributed by atoms with Crippen LogP contribution in [0.3, 0.4) is 0 Å². The minimum atomic E-state index is -1.04. The van der Waals surface area contributed by atoms with Crippen LogP contribution in [0.2, 0.25) is 5.02 Å². The van der Waals surface area contributed by atoms with Gasteiger partial charge in [-0.1, -0.05) is 37.4 Å². The van der Waals surface area contributed by atoms with Gasteiger partial charge in [0, 0.05) is 16.6 Å². The van der Waals surface area contributed by atoms with Crippen LogP contribution in [0.4, 0.5) is 0 Å². The molecule has 0 bridgehead atoms. The first-order chi connectivity index (χ1) is 10.5. The average Bonchev–Trinajstić information content (AvgIpc) is 2.49. The van der Waals surface area contributed by atoms with Crippen LogP contribution in [-0.4, -0.2) is 28.0 Å². The number of hydrogen-bond acceptors (Lipinski definition) is 3. The van der Waals surface area contributed by atoms with E-state index in [0.717, 1.165) is 18.2 Å². The Kier molecular flexibility index (Phi) is 5.33. The molecular formula is C16H17ClN2O3. The third kappa shape index (κ3) is 3.74. The number of nitrogens with one attached hydrogen (secondary N) is 1. The van der Waals surface area contributed by atoms with Crippen molar-refractivity contribution in [1.82, 2.24) is 10.3 Å². The van der Waals surface area contributed by atoms with E-state index >= 15 is 0 Å². The highest BCUT2D eigenvalue weighted by molar-refractivity contribution is 6.32. The van der Waals surface area contributed by atoms with Gasteiger partial charge in [0.1, 0.15) is 6.04 Å². The van der Waals surface area contributed by atoms with Gasteiger partial charge in [-0.25, -0.2) is 4.79 Å². The molecule has 2 aromatic rings. The van der Waals surface area contributed by atoms with E-state index in [-0.39, 0.29) is 5.56 Å². The maximum atomic E-state index is 12.4. The molecular weight excluding hydrogens is 304 g/mol. The lowest BCUT2D eigenvalue weighted by molar-refractivity contribution is -0.139. The molecule has 5 nitrogen and oxygen atoms in total. The molecule has 0 aliphatic rings. The summed E-state index contributed by atoms with van der Waals surface area (Å²) in [6.07, 6.45) is 3.56. The second kappa shape index (κ2) is 7.22. The number of fused-ring (bicyclic) bond motifs is 1. The van der Waals surface area contributed by atoms with Crippen molar-refractivity contribution in [2.75, 3.05) is 0 Å². The number of amides is 1. The van der Waals surface area contributed by atoms with Crippen LogP contribution in [0, 0.1) is 0 Å². The molecule has 0 spiro atoms. The number of carboxylic acid groups (broad SMARTS) is 1. The number of hydrogen-bond donors (Lipinski definition) is 2. The summed E-state index contributed by atoms with van der Waals surface area (Å²) in [5.41, 5.74) is 0.787. The molecule has 116 valence electrons. The summed E-state index contributed by atoms with van der Waals surface area (Å²) < 4.78 is 0. The number of carbonyl (C=O) groups is 2. The highest BCUT2D eigenvalue weighted by Crippen LogP contribution is 2.22. The summed E-state index contributed by atoms with van der Waals surface area (Å²) in [6, 6.07) is 5.86. The second-order valence-corrected chi connectivity index (χ2v) is 5.47. The van der Waals surface area contributed by atoms with Crippen molar-refractivity contribution in [2.24, 2.45) is 0 Å². The first-order valence-corrected chi connectivity index (χ1v) is 7.48. The Morgan fingerprint density at radius 3 is 2.86 bits per heavy atom. The summed E-state index contributed by atoms with van der Waals surface area (Å²) in [4.78, 5) is 27.9. The summed E-state index contributed by atoms with van der Waals surface area (Å²) in [7, 11) is 0. The van der Waals surface area contributed by atoms with Crippen LogP contribution in [0.25, 0.3) is 10.9 Å². The van der Waals surface area contributed by atoms with E-state index in [2.05, 4.69) is 10.3 Å². The summed E-state index contributed by atoms with van der Waals surface area (Å²) in [6.45, 7) is 1.97. The second-order valence-electron chi connectivity index (χ2n) is 5.03. The summed E-state index contributed by atoms with van der Waals surface area (Å²) in [5, 5.41) is 12.9. The Morgan fingerprint density at radius 2 is 2.18 bits per heavy atom. The zero-order valence-electron chi connectivity index (χ0n) is 12.2. The first-order valence-electron chi connectivity index (χ1n) is 7.11. The maximum Gasteiger partial charge on any atom is 0.326 e. The van der Waals surface area contributed by atoms with E-state index in [1.165, 1.54) is 6.07 Å². The quantitative estimate of drug-likeness (QED) is 0.856. The Morgan fingerprint density at radius 1 is 1.41 bits per heavy atom. The van der Waals surface area contributed by atoms with Crippen LogP contribution in [0.15, 0.2) is 30.5 Å². The van der Waals surface area contributed by atoms with Crippen molar-refractivity contribution in [1.29, 1.82) is 0 Å². The molecule has 0 aliphatic carbocycles. The fourth-order valence-electron chi connectivity index (χ4n) is 2.23. The van der Waals surface area contributed by atoms with Crippen molar-refractivity contribution >= 4 is 34.4 Å². The lowest BCUT2D eigenvalue weighted by Gasteiger charge is -2.15. The Hall–Kier alpha value is -2.14. The van der Waals surface area contributed by atoms with Crippen molar-refractivity contribution in [3.8, 4) is 0 Å². The Bertz CT molecular complexity index is 703. The fraction of sp³-hybridized carbons (Fsp3) is 0.312. The number of halogens is 1. The van der Waals surface area contributed by atoms with Gasteiger partial charge in [0.05, 0.1) is 11.1 Å². The first kappa shape index (κ1) is 16.2. The van der Waals surface area contributed by atoms with Crippen LogP contribution >= 0.6 is 11.6 Å². The molecule has 0 saturated heterocycles. The van der Waals surface area contributed by atoms with E-state index < -0.39 is 17.9 Å². The monoisotopic (exact) mass is 320 g/mol. The highest BCUT2D eigenvalue weighted by atomic mass is 35.5. The zero-order valence-corrected chi connectivity index (χ0v) is 12.9. The van der Waals surface area contributed by atoms with Crippen LogP contribution < -0.4 is 5.32 Å². The zero-order chi connectivity index (χ0) is 16.1. The molecule has 0 saturated carbocycles. The molecule has 1 amide bonds. The van der Waals surface area contributed by atoms with Gasteiger partial charge >= 0.3 is 5.97 Å². The number of benzene rings is 1. The molecule has 1 aromatic carbocycles. The third-order valence-corrected chi connectivity index (χ3v) is 3.58. The van der Waals surface area contributed by atoms with E-state index in [9.17, 15) is 14.7 Å². The van der Waals surface area contributed by atoms with Gasteiger partial charge < -0.3 is 10.4 Å². The van der Waals surface area contributed by atoms with Crippen molar-refractivity contribution in [2.45, 2.75) is 32.2 Å². The predicted molar refractivity (Wildman–Crippen MR) is 85.2 cm³/mol. The Balaban J connectivity index is 2.30. The molecule has 0 radical (unpaired) electrons. The fourth-order valence-corrected chi connectivity index (χ4v) is 2.46. The molecule has 6 heteroatoms. The smallest absolute Gasteiger partial charge is 0.326 e. The van der Waals surface area contributed by atoms with Gasteiger partial charge in [-0.15, -0.1) is 0 Å². The van der Waals surface area contributed by atoms with Gasteiger partial charge in [0.2, 0.25) is 0 Å². The van der Waals surface area contributed by atoms with Gasteiger partial charge in [0.15, 0.2) is 0 Å². The molecule has 1 heterocycles. The van der Waals surface area contributed by atoms with Gasteiger partial charge in [0.25, 0.3) is 5.91 Å². The van der Waals surface area contributed by atoms with E-state index in [1.807, 2.05) is 6.92 Å². The molecule has 0 unspecified atom stereocenters. The van der Waals surface area contributed by atoms with Crippen molar-refractivity contribution in [3.63, 3.8) is 0 Å². The largest absolute Gasteiger partial charge is 0.480 e. The van der Waals surface area contributed by atoms with E-state index in [1.54, 1.807) is 24.4 Å². The molecule has 1 atom stereocenters. The summed E-state index contributed by atoms with van der Waals surface area (Å²) >= 11 is 6.03. The molecule has 0 aliphatic heterocycles. The summed E-state index contributed by atoms with van der Waals surface area (Å²) in [5.74, 6) is -1.52. The number of rotatable bonds is 6. The molecule has 2 N–H and O–H groups in total. The van der Waals surface area contributed by atoms with Crippen molar-refractivity contribution in [3.05, 3.63) is 41.0 Å². The van der Waals surface area contributed by atoms with E-state index in [0.29, 0.717) is 17.0 Å². The maximum absolute atomic E-state index is 12.4. The number of unbranched alkanes of at least 4 members (excludes halogenated alkanes) is 1. The van der Waals surface area contributed by atoms with Gasteiger partial charge in [-0.3, -0.25) is 9.78 Å². The van der Waals surface area contributed by atoms with E-state index in [4.69, 9.17) is 11.6 Å². The number of pyridine rings is 1. The van der Waals surface area contributed by atoms with Crippen LogP contribution in [0.5, 0.6) is 0 Å². The molecule has 22 heavy (non-hydrogen) atoms. The third-order valence-electron chi connectivity index (χ3n) is 3.36. The van der Waals surface area contributed by atoms with Gasteiger partial charge in [-0.2, -0.15) is 0 Å². The Labute approximate surface area is 133 Å². The van der Waals surface area contributed by atoms with Crippen molar-refractivity contribution < 1.29 is 14.7 Å². The number of nitrogens with zero attached hydrogens (tertiary/aromatic N) is 1. The van der Waals surface area contributed by atoms with Crippen LogP contribution in [0.1, 0.15) is 36.5 Å². The lowest BCUT2D eigenvalue weighted by atomic mass is 10.1. The highest BCUT2D eigenvalue weighted by Gasteiger charge is 2.21. The topological polar surface area (TPSA) is 79.3 Å². The molecule has 1 aromatic heterocycles. The normalized spacial score (nSPS) is 12.1. The van der Waals surface area contributed by atoms with Gasteiger partial charge in [-0.05, 0) is 24.6 Å². The van der Waals surface area contributed by atoms with Crippen LogP contribution in [-0.2, 0) is 4.79 Å². The average molecular weight is 321 g/mol. The SMILES string of the molecule is CCCC[C@H](NC(=O)c1cc(Cl)cc2cccnc12)C(=O)O. The minimum absolute atomic E-state index is 0.283. The number of aliphatic carboxylic acids is 1. The lowest BCUT2D eigenvalue weighted by Crippen LogP contribution is -2.40. The minimum Gasteiger partial charge on any atom is -0.480 e. The number of carboxylic acids is 1. The number of aromatic nitrogens is 1.